The summed E-state index contributed by atoms with van der Waals surface area (Å²) in [6.45, 7) is 3.38. The second kappa shape index (κ2) is 5.99. The van der Waals surface area contributed by atoms with Crippen molar-refractivity contribution in [3.05, 3.63) is 0 Å². The summed E-state index contributed by atoms with van der Waals surface area (Å²) in [7, 11) is 0. The summed E-state index contributed by atoms with van der Waals surface area (Å²) in [5.74, 6) is 0.967. The number of nitrogens with one attached hydrogen (secondary N) is 1. The van der Waals surface area contributed by atoms with E-state index in [1.165, 1.54) is 38.5 Å². The molecule has 3 unspecified atom stereocenters. The lowest BCUT2D eigenvalue weighted by atomic mass is 9.98. The highest BCUT2D eigenvalue weighted by atomic mass is 16.5. The monoisotopic (exact) mass is 227 g/mol. The molecule has 2 N–H and O–H groups in total. The molecule has 0 amide bonds. The molecule has 94 valence electrons. The number of aliphatic hydroxyl groups excluding tert-OH is 1. The zero-order chi connectivity index (χ0) is 11.4. The minimum absolute atomic E-state index is 0.151. The van der Waals surface area contributed by atoms with Crippen LogP contribution in [0, 0.1) is 5.92 Å². The van der Waals surface area contributed by atoms with Gasteiger partial charge in [0.1, 0.15) is 0 Å². The smallest absolute Gasteiger partial charge is 0.0948 e. The highest BCUT2D eigenvalue weighted by Crippen LogP contribution is 2.28. The molecule has 0 aromatic heterocycles. The molecule has 2 fully saturated rings. The van der Waals surface area contributed by atoms with E-state index in [4.69, 9.17) is 4.74 Å². The van der Waals surface area contributed by atoms with Crippen LogP contribution in [0.2, 0.25) is 0 Å². The maximum absolute atomic E-state index is 9.63. The summed E-state index contributed by atoms with van der Waals surface area (Å²) in [5, 5.41) is 13.1. The van der Waals surface area contributed by atoms with Crippen LogP contribution >= 0.6 is 0 Å². The first-order valence-electron chi connectivity index (χ1n) is 6.77. The zero-order valence-corrected chi connectivity index (χ0v) is 10.3. The fraction of sp³-hybridized carbons (Fsp3) is 1.00. The minimum atomic E-state index is -0.311. The molecular formula is C13H25NO2. The van der Waals surface area contributed by atoms with E-state index in [0.29, 0.717) is 19.3 Å². The lowest BCUT2D eigenvalue weighted by molar-refractivity contribution is 0.121. The SMILES string of the molecule is CC(CCC1CCCC1)NC1COCC1O. The molecule has 1 saturated carbocycles. The van der Waals surface area contributed by atoms with E-state index in [1.807, 2.05) is 0 Å². The molecule has 0 aromatic rings. The fourth-order valence-electron chi connectivity index (χ4n) is 2.94. The highest BCUT2D eigenvalue weighted by molar-refractivity contribution is 4.83. The van der Waals surface area contributed by atoms with E-state index in [9.17, 15) is 5.11 Å². The highest BCUT2D eigenvalue weighted by Gasteiger charge is 2.27. The average molecular weight is 227 g/mol. The molecule has 16 heavy (non-hydrogen) atoms. The number of hydrogen-bond donors (Lipinski definition) is 2. The standard InChI is InChI=1S/C13H25NO2/c1-10(6-7-11-4-2-3-5-11)14-12-8-16-9-13(12)15/h10-15H,2-9H2,1H3. The maximum atomic E-state index is 9.63. The summed E-state index contributed by atoms with van der Waals surface area (Å²) in [6, 6.07) is 0.653. The van der Waals surface area contributed by atoms with E-state index in [-0.39, 0.29) is 12.1 Å². The van der Waals surface area contributed by atoms with Gasteiger partial charge in [-0.2, -0.15) is 0 Å². The summed E-state index contributed by atoms with van der Waals surface area (Å²) in [5.41, 5.74) is 0. The lowest BCUT2D eigenvalue weighted by Gasteiger charge is -2.21. The number of aliphatic hydroxyl groups is 1. The van der Waals surface area contributed by atoms with Crippen LogP contribution in [0.5, 0.6) is 0 Å². The molecule has 3 atom stereocenters. The van der Waals surface area contributed by atoms with Gasteiger partial charge >= 0.3 is 0 Å². The Bertz CT molecular complexity index is 204. The predicted octanol–water partition coefficient (Wildman–Crippen LogP) is 1.69. The summed E-state index contributed by atoms with van der Waals surface area (Å²) < 4.78 is 5.24. The summed E-state index contributed by atoms with van der Waals surface area (Å²) in [6.07, 6.45) is 7.99. The third kappa shape index (κ3) is 3.44. The van der Waals surface area contributed by atoms with Gasteiger partial charge in [0.2, 0.25) is 0 Å². The molecule has 0 radical (unpaired) electrons. The topological polar surface area (TPSA) is 41.5 Å². The molecule has 0 spiro atoms. The van der Waals surface area contributed by atoms with Gasteiger partial charge < -0.3 is 15.2 Å². The summed E-state index contributed by atoms with van der Waals surface area (Å²) in [4.78, 5) is 0. The molecule has 1 aliphatic heterocycles. The predicted molar refractivity (Wildman–Crippen MR) is 64.4 cm³/mol. The van der Waals surface area contributed by atoms with Crippen molar-refractivity contribution in [3.8, 4) is 0 Å². The average Bonchev–Trinajstić information content (AvgIpc) is 2.88. The van der Waals surface area contributed by atoms with Crippen LogP contribution in [0.3, 0.4) is 0 Å². The summed E-state index contributed by atoms with van der Waals surface area (Å²) >= 11 is 0. The Hall–Kier alpha value is -0.120. The third-order valence-electron chi connectivity index (χ3n) is 4.03. The number of hydrogen-bond acceptors (Lipinski definition) is 3. The molecule has 0 aromatic carbocycles. The Morgan fingerprint density at radius 3 is 2.69 bits per heavy atom. The van der Waals surface area contributed by atoms with E-state index in [2.05, 4.69) is 12.2 Å². The first-order chi connectivity index (χ1) is 7.75. The van der Waals surface area contributed by atoms with Gasteiger partial charge in [-0.15, -0.1) is 0 Å². The molecule has 2 aliphatic rings. The molecule has 2 rings (SSSR count). The van der Waals surface area contributed by atoms with Crippen molar-refractivity contribution >= 4 is 0 Å². The van der Waals surface area contributed by atoms with Crippen molar-refractivity contribution in [3.63, 3.8) is 0 Å². The van der Waals surface area contributed by atoms with E-state index >= 15 is 0 Å². The lowest BCUT2D eigenvalue weighted by Crippen LogP contribution is -2.43. The maximum Gasteiger partial charge on any atom is 0.0948 e. The Kier molecular flexibility index (Phi) is 4.62. The van der Waals surface area contributed by atoms with Gasteiger partial charge in [-0.25, -0.2) is 0 Å². The largest absolute Gasteiger partial charge is 0.389 e. The van der Waals surface area contributed by atoms with Gasteiger partial charge in [-0.3, -0.25) is 0 Å². The van der Waals surface area contributed by atoms with Crippen LogP contribution in [0.25, 0.3) is 0 Å². The first-order valence-corrected chi connectivity index (χ1v) is 6.77. The van der Waals surface area contributed by atoms with Crippen molar-refractivity contribution in [2.75, 3.05) is 13.2 Å². The van der Waals surface area contributed by atoms with Crippen molar-refractivity contribution in [2.45, 2.75) is 63.6 Å². The van der Waals surface area contributed by atoms with Gasteiger partial charge in [0.15, 0.2) is 0 Å². The molecule has 1 aliphatic carbocycles. The van der Waals surface area contributed by atoms with E-state index in [0.717, 1.165) is 5.92 Å². The van der Waals surface area contributed by atoms with Crippen molar-refractivity contribution in [1.29, 1.82) is 0 Å². The minimum Gasteiger partial charge on any atom is -0.389 e. The molecule has 3 nitrogen and oxygen atoms in total. The zero-order valence-electron chi connectivity index (χ0n) is 10.3. The molecule has 0 bridgehead atoms. The van der Waals surface area contributed by atoms with Crippen molar-refractivity contribution < 1.29 is 9.84 Å². The van der Waals surface area contributed by atoms with Gasteiger partial charge in [0.25, 0.3) is 0 Å². The Morgan fingerprint density at radius 1 is 1.31 bits per heavy atom. The van der Waals surface area contributed by atoms with Crippen LogP contribution in [0.4, 0.5) is 0 Å². The molecular weight excluding hydrogens is 202 g/mol. The second-order valence-electron chi connectivity index (χ2n) is 5.51. The number of rotatable bonds is 5. The molecule has 1 saturated heterocycles. The fourth-order valence-corrected chi connectivity index (χ4v) is 2.94. The van der Waals surface area contributed by atoms with Crippen LogP contribution in [-0.2, 0) is 4.74 Å². The number of ether oxygens (including phenoxy) is 1. The van der Waals surface area contributed by atoms with Crippen LogP contribution < -0.4 is 5.32 Å². The normalized spacial score (nSPS) is 33.4. The van der Waals surface area contributed by atoms with Crippen LogP contribution in [0.15, 0.2) is 0 Å². The van der Waals surface area contributed by atoms with Crippen LogP contribution in [-0.4, -0.2) is 36.5 Å². The van der Waals surface area contributed by atoms with Crippen LogP contribution in [0.1, 0.15) is 45.4 Å². The van der Waals surface area contributed by atoms with Crippen molar-refractivity contribution in [1.82, 2.24) is 5.32 Å². The van der Waals surface area contributed by atoms with Gasteiger partial charge in [0, 0.05) is 6.04 Å². The Morgan fingerprint density at radius 2 is 2.06 bits per heavy atom. The van der Waals surface area contributed by atoms with Gasteiger partial charge in [0.05, 0.1) is 25.4 Å². The quantitative estimate of drug-likeness (QED) is 0.751. The third-order valence-corrected chi connectivity index (χ3v) is 4.03. The second-order valence-corrected chi connectivity index (χ2v) is 5.51. The Balaban J connectivity index is 1.61. The first kappa shape index (κ1) is 12.3. The van der Waals surface area contributed by atoms with Gasteiger partial charge in [-0.1, -0.05) is 25.7 Å². The van der Waals surface area contributed by atoms with Gasteiger partial charge in [-0.05, 0) is 25.7 Å². The van der Waals surface area contributed by atoms with Crippen molar-refractivity contribution in [2.24, 2.45) is 5.92 Å². The molecule has 3 heteroatoms. The Labute approximate surface area is 98.6 Å². The van der Waals surface area contributed by atoms with E-state index < -0.39 is 0 Å². The van der Waals surface area contributed by atoms with E-state index in [1.54, 1.807) is 0 Å². The molecule has 1 heterocycles.